The molecule has 1 aromatic heterocycles. The molecule has 3 rings (SSSR count). The van der Waals surface area contributed by atoms with Gasteiger partial charge in [0, 0.05) is 22.3 Å². The van der Waals surface area contributed by atoms with Crippen molar-refractivity contribution in [3.8, 4) is 11.4 Å². The fraction of sp³-hybridized carbons (Fsp3) is 0.250. The van der Waals surface area contributed by atoms with Gasteiger partial charge in [-0.3, -0.25) is 4.79 Å². The van der Waals surface area contributed by atoms with E-state index in [0.29, 0.717) is 22.5 Å². The van der Waals surface area contributed by atoms with Gasteiger partial charge in [-0.05, 0) is 56.2 Å². The number of hydrogen-bond donors (Lipinski definition) is 1. The summed E-state index contributed by atoms with van der Waals surface area (Å²) in [5.41, 5.74) is 3.71. The first-order valence-electron chi connectivity index (χ1n) is 8.78. The Balaban J connectivity index is 1.73. The number of thioether (sulfide) groups is 1. The van der Waals surface area contributed by atoms with Crippen LogP contribution in [0.3, 0.4) is 0 Å². The van der Waals surface area contributed by atoms with Crippen LogP contribution in [0.4, 0.5) is 5.69 Å². The van der Waals surface area contributed by atoms with Crippen LogP contribution in [0.2, 0.25) is 5.02 Å². The number of carbonyl (C=O) groups is 1. The fourth-order valence-electron chi connectivity index (χ4n) is 2.94. The Bertz CT molecular complexity index is 998. The molecule has 0 fully saturated rings. The zero-order valence-electron chi connectivity index (χ0n) is 15.8. The maximum Gasteiger partial charge on any atom is 0.234 e. The van der Waals surface area contributed by atoms with Gasteiger partial charge in [0.25, 0.3) is 0 Å². The number of nitrogens with zero attached hydrogens (tertiary/aromatic N) is 3. The van der Waals surface area contributed by atoms with Crippen molar-refractivity contribution in [2.75, 3.05) is 11.1 Å². The number of anilines is 1. The zero-order chi connectivity index (χ0) is 20.3. The zero-order valence-corrected chi connectivity index (χ0v) is 19.0. The Morgan fingerprint density at radius 3 is 2.54 bits per heavy atom. The summed E-state index contributed by atoms with van der Waals surface area (Å²) in [5.74, 6) is 0.870. The van der Waals surface area contributed by atoms with Crippen molar-refractivity contribution >= 4 is 50.9 Å². The number of carbonyl (C=O) groups excluding carboxylic acids is 1. The van der Waals surface area contributed by atoms with E-state index in [1.807, 2.05) is 61.7 Å². The largest absolute Gasteiger partial charge is 0.325 e. The third-order valence-corrected chi connectivity index (χ3v) is 6.00. The predicted octanol–water partition coefficient (Wildman–Crippen LogP) is 5.73. The van der Waals surface area contributed by atoms with Crippen LogP contribution in [0.25, 0.3) is 11.4 Å². The van der Waals surface area contributed by atoms with Gasteiger partial charge in [-0.2, -0.15) is 0 Å². The van der Waals surface area contributed by atoms with Crippen molar-refractivity contribution in [1.29, 1.82) is 0 Å². The van der Waals surface area contributed by atoms with Crippen molar-refractivity contribution in [2.45, 2.75) is 32.5 Å². The Morgan fingerprint density at radius 1 is 1.21 bits per heavy atom. The number of nitrogens with one attached hydrogen (secondary N) is 1. The second-order valence-electron chi connectivity index (χ2n) is 6.28. The molecule has 1 amide bonds. The lowest BCUT2D eigenvalue weighted by molar-refractivity contribution is -0.113. The molecular formula is C20H20BrClN4OS. The molecule has 1 N–H and O–H groups in total. The highest BCUT2D eigenvalue weighted by Gasteiger charge is 2.17. The van der Waals surface area contributed by atoms with E-state index >= 15 is 0 Å². The molecule has 0 bridgehead atoms. The number of halogens is 2. The number of hydrogen-bond acceptors (Lipinski definition) is 4. The first kappa shape index (κ1) is 20.9. The van der Waals surface area contributed by atoms with Gasteiger partial charge < -0.3 is 9.88 Å². The Kier molecular flexibility index (Phi) is 6.80. The summed E-state index contributed by atoms with van der Waals surface area (Å²) in [7, 11) is 0. The molecular weight excluding hydrogens is 460 g/mol. The first-order valence-corrected chi connectivity index (χ1v) is 10.9. The number of benzene rings is 2. The summed E-state index contributed by atoms with van der Waals surface area (Å²) in [6, 6.07) is 11.5. The minimum atomic E-state index is -0.0801. The molecule has 0 unspecified atom stereocenters. The van der Waals surface area contributed by atoms with Gasteiger partial charge in [0.05, 0.1) is 10.8 Å². The second kappa shape index (κ2) is 9.11. The number of amides is 1. The number of rotatable bonds is 6. The lowest BCUT2D eigenvalue weighted by atomic mass is 10.1. The van der Waals surface area contributed by atoms with Crippen LogP contribution < -0.4 is 5.32 Å². The molecule has 0 atom stereocenters. The van der Waals surface area contributed by atoms with Crippen LogP contribution in [0, 0.1) is 13.8 Å². The normalized spacial score (nSPS) is 10.9. The number of aryl methyl sites for hydroxylation is 2. The highest BCUT2D eigenvalue weighted by Crippen LogP contribution is 2.29. The lowest BCUT2D eigenvalue weighted by Crippen LogP contribution is -2.16. The van der Waals surface area contributed by atoms with E-state index < -0.39 is 0 Å². The van der Waals surface area contributed by atoms with Gasteiger partial charge in [0.2, 0.25) is 5.91 Å². The van der Waals surface area contributed by atoms with Gasteiger partial charge >= 0.3 is 0 Å². The maximum atomic E-state index is 12.5. The maximum absolute atomic E-state index is 12.5. The number of aromatic nitrogens is 3. The van der Waals surface area contributed by atoms with E-state index in [2.05, 4.69) is 31.4 Å². The molecule has 28 heavy (non-hydrogen) atoms. The molecule has 0 saturated carbocycles. The predicted molar refractivity (Wildman–Crippen MR) is 119 cm³/mol. The van der Waals surface area contributed by atoms with Gasteiger partial charge in [-0.15, -0.1) is 10.2 Å². The monoisotopic (exact) mass is 478 g/mol. The smallest absolute Gasteiger partial charge is 0.234 e. The first-order chi connectivity index (χ1) is 13.4. The molecule has 0 aliphatic carbocycles. The molecule has 2 aromatic carbocycles. The minimum absolute atomic E-state index is 0.0801. The quantitative estimate of drug-likeness (QED) is 0.459. The second-order valence-corrected chi connectivity index (χ2v) is 8.55. The highest BCUT2D eigenvalue weighted by molar-refractivity contribution is 9.10. The molecule has 1 heterocycles. The SMILES string of the molecule is CCn1c(SCC(=O)Nc2c(C)cc(Br)cc2C)nnc1-c1ccccc1Cl. The van der Waals surface area contributed by atoms with Crippen molar-refractivity contribution in [1.82, 2.24) is 14.8 Å². The van der Waals surface area contributed by atoms with E-state index in [1.165, 1.54) is 11.8 Å². The van der Waals surface area contributed by atoms with E-state index in [9.17, 15) is 4.79 Å². The molecule has 0 aliphatic heterocycles. The van der Waals surface area contributed by atoms with E-state index in [-0.39, 0.29) is 11.7 Å². The molecule has 0 aliphatic rings. The molecule has 8 heteroatoms. The van der Waals surface area contributed by atoms with E-state index in [4.69, 9.17) is 11.6 Å². The third-order valence-electron chi connectivity index (χ3n) is 4.24. The van der Waals surface area contributed by atoms with Gasteiger partial charge in [0.15, 0.2) is 11.0 Å². The lowest BCUT2D eigenvalue weighted by Gasteiger charge is -2.12. The summed E-state index contributed by atoms with van der Waals surface area (Å²) >= 11 is 11.1. The Labute approximate surface area is 182 Å². The molecule has 3 aromatic rings. The molecule has 0 saturated heterocycles. The van der Waals surface area contributed by atoms with Crippen LogP contribution in [0.1, 0.15) is 18.1 Å². The van der Waals surface area contributed by atoms with Crippen LogP contribution >= 0.6 is 39.3 Å². The van der Waals surface area contributed by atoms with Crippen molar-refractivity contribution in [2.24, 2.45) is 0 Å². The molecule has 5 nitrogen and oxygen atoms in total. The topological polar surface area (TPSA) is 59.8 Å². The molecule has 0 radical (unpaired) electrons. The van der Waals surface area contributed by atoms with Crippen molar-refractivity contribution in [3.63, 3.8) is 0 Å². The minimum Gasteiger partial charge on any atom is -0.325 e. The summed E-state index contributed by atoms with van der Waals surface area (Å²) in [4.78, 5) is 12.5. The average Bonchev–Trinajstić information content (AvgIpc) is 3.06. The summed E-state index contributed by atoms with van der Waals surface area (Å²) in [5, 5.41) is 12.9. The summed E-state index contributed by atoms with van der Waals surface area (Å²) < 4.78 is 2.97. The third kappa shape index (κ3) is 4.59. The standard InChI is InChI=1S/C20H20BrClN4OS/c1-4-26-19(15-7-5-6-8-16(15)22)24-25-20(26)28-11-17(27)23-18-12(2)9-14(21)10-13(18)3/h5-10H,4,11H2,1-3H3,(H,23,27). The highest BCUT2D eigenvalue weighted by atomic mass is 79.9. The van der Waals surface area contributed by atoms with E-state index in [1.54, 1.807) is 0 Å². The van der Waals surface area contributed by atoms with Gasteiger partial charge in [-0.25, -0.2) is 0 Å². The van der Waals surface area contributed by atoms with Gasteiger partial charge in [-0.1, -0.05) is 51.4 Å². The summed E-state index contributed by atoms with van der Waals surface area (Å²) in [6.45, 7) is 6.65. The fourth-order valence-corrected chi connectivity index (χ4v) is 4.65. The summed E-state index contributed by atoms with van der Waals surface area (Å²) in [6.07, 6.45) is 0. The van der Waals surface area contributed by atoms with Crippen LogP contribution in [0.5, 0.6) is 0 Å². The van der Waals surface area contributed by atoms with E-state index in [0.717, 1.165) is 26.9 Å². The van der Waals surface area contributed by atoms with Crippen molar-refractivity contribution < 1.29 is 4.79 Å². The van der Waals surface area contributed by atoms with Crippen LogP contribution in [-0.4, -0.2) is 26.4 Å². The van der Waals surface area contributed by atoms with Crippen LogP contribution in [-0.2, 0) is 11.3 Å². The average molecular weight is 480 g/mol. The molecule has 0 spiro atoms. The Hall–Kier alpha value is -1.83. The van der Waals surface area contributed by atoms with Crippen molar-refractivity contribution in [3.05, 3.63) is 57.0 Å². The van der Waals surface area contributed by atoms with Gasteiger partial charge in [0.1, 0.15) is 0 Å². The molecule has 146 valence electrons. The van der Waals surface area contributed by atoms with Crippen LogP contribution in [0.15, 0.2) is 46.0 Å². The Morgan fingerprint density at radius 2 is 1.89 bits per heavy atom.